The first kappa shape index (κ1) is 25.7. The minimum Gasteiger partial charge on any atom is -0.448 e. The van der Waals surface area contributed by atoms with Crippen LogP contribution in [0.3, 0.4) is 0 Å². The highest BCUT2D eigenvalue weighted by Crippen LogP contribution is 2.59. The zero-order valence-corrected chi connectivity index (χ0v) is 22.1. The van der Waals surface area contributed by atoms with Crippen LogP contribution < -0.4 is 0 Å². The Morgan fingerprint density at radius 1 is 1.17 bits per heavy atom. The van der Waals surface area contributed by atoms with Gasteiger partial charge >= 0.3 is 0 Å². The van der Waals surface area contributed by atoms with Crippen LogP contribution in [0.2, 0.25) is 0 Å². The average Bonchev–Trinajstić information content (AvgIpc) is 3.41. The van der Waals surface area contributed by atoms with E-state index in [0.717, 1.165) is 36.1 Å². The average molecular weight is 494 g/mol. The maximum absolute atomic E-state index is 11.0. The fraction of sp³-hybridized carbons (Fsp3) is 0.645. The second-order valence-electron chi connectivity index (χ2n) is 12.3. The van der Waals surface area contributed by atoms with Gasteiger partial charge < -0.3 is 19.7 Å². The first-order chi connectivity index (χ1) is 17.1. The van der Waals surface area contributed by atoms with Gasteiger partial charge in [0.05, 0.1) is 29.4 Å². The van der Waals surface area contributed by atoms with Gasteiger partial charge in [0.25, 0.3) is 0 Å². The van der Waals surface area contributed by atoms with E-state index in [-0.39, 0.29) is 10.8 Å². The van der Waals surface area contributed by atoms with Crippen LogP contribution in [-0.4, -0.2) is 38.6 Å². The fourth-order valence-electron chi connectivity index (χ4n) is 7.56. The van der Waals surface area contributed by atoms with Gasteiger partial charge in [-0.25, -0.2) is 4.98 Å². The van der Waals surface area contributed by atoms with Crippen molar-refractivity contribution in [2.75, 3.05) is 0 Å². The van der Waals surface area contributed by atoms with Crippen LogP contribution in [0.15, 0.2) is 58.3 Å². The minimum atomic E-state index is -0.642. The van der Waals surface area contributed by atoms with Crippen molar-refractivity contribution in [3.05, 3.63) is 65.5 Å². The number of aryl methyl sites for hydroxylation is 1. The largest absolute Gasteiger partial charge is 0.448 e. The summed E-state index contributed by atoms with van der Waals surface area (Å²) in [4.78, 5) is 4.50. The Balaban J connectivity index is 1.29. The molecule has 0 amide bonds. The second-order valence-corrected chi connectivity index (χ2v) is 12.3. The van der Waals surface area contributed by atoms with Gasteiger partial charge in [0.1, 0.15) is 6.26 Å². The zero-order chi connectivity index (χ0) is 25.7. The lowest BCUT2D eigenvalue weighted by molar-refractivity contribution is 0.0862. The number of oxazole rings is 1. The third-order valence-electron chi connectivity index (χ3n) is 9.93. The smallest absolute Gasteiger partial charge is 0.203 e. The number of allylic oxidation sites excluding steroid dienone is 4. The monoisotopic (exact) mass is 493 g/mol. The third-order valence-corrected chi connectivity index (χ3v) is 9.93. The number of hydrogen-bond donors (Lipinski definition) is 3. The molecule has 1 aromatic rings. The molecule has 4 aliphatic rings. The van der Waals surface area contributed by atoms with Crippen molar-refractivity contribution < 1.29 is 19.7 Å². The molecule has 0 aliphatic heterocycles. The van der Waals surface area contributed by atoms with Crippen molar-refractivity contribution in [2.24, 2.45) is 23.2 Å². The first-order valence-corrected chi connectivity index (χ1v) is 13.9. The molecular formula is C31H43NO4. The van der Waals surface area contributed by atoms with Crippen LogP contribution in [0.5, 0.6) is 0 Å². The van der Waals surface area contributed by atoms with Gasteiger partial charge in [-0.05, 0) is 92.6 Å². The molecule has 0 unspecified atom stereocenters. The molecule has 196 valence electrons. The van der Waals surface area contributed by atoms with Crippen LogP contribution in [0.4, 0.5) is 0 Å². The van der Waals surface area contributed by atoms with Gasteiger partial charge in [-0.2, -0.15) is 0 Å². The van der Waals surface area contributed by atoms with Crippen molar-refractivity contribution >= 4 is 0 Å². The number of fused-ring (bicyclic) bond motifs is 1. The summed E-state index contributed by atoms with van der Waals surface area (Å²) in [5.41, 5.74) is 4.01. The number of hydrogen-bond acceptors (Lipinski definition) is 5. The van der Waals surface area contributed by atoms with E-state index in [4.69, 9.17) is 4.42 Å². The van der Waals surface area contributed by atoms with Crippen molar-refractivity contribution in [1.82, 2.24) is 4.98 Å². The van der Waals surface area contributed by atoms with Crippen LogP contribution >= 0.6 is 0 Å². The van der Waals surface area contributed by atoms with Gasteiger partial charge in [-0.3, -0.25) is 0 Å². The van der Waals surface area contributed by atoms with Crippen molar-refractivity contribution in [3.8, 4) is 0 Å². The molecule has 0 aromatic carbocycles. The molecule has 0 spiro atoms. The van der Waals surface area contributed by atoms with Crippen molar-refractivity contribution in [2.45, 2.75) is 102 Å². The van der Waals surface area contributed by atoms with E-state index in [1.54, 1.807) is 6.26 Å². The van der Waals surface area contributed by atoms with E-state index in [0.29, 0.717) is 36.5 Å². The summed E-state index contributed by atoms with van der Waals surface area (Å²) in [6.07, 6.45) is 17.3. The molecular weight excluding hydrogens is 450 g/mol. The Morgan fingerprint density at radius 3 is 2.64 bits per heavy atom. The first-order valence-electron chi connectivity index (χ1n) is 13.9. The number of nitrogens with zero attached hydrogens (tertiary/aromatic N) is 1. The van der Waals surface area contributed by atoms with Crippen molar-refractivity contribution in [3.63, 3.8) is 0 Å². The fourth-order valence-corrected chi connectivity index (χ4v) is 7.56. The number of rotatable bonds is 6. The summed E-state index contributed by atoms with van der Waals surface area (Å²) >= 11 is 0. The predicted molar refractivity (Wildman–Crippen MR) is 141 cm³/mol. The normalized spacial score (nSPS) is 38.0. The van der Waals surface area contributed by atoms with Crippen LogP contribution in [-0.2, 0) is 5.41 Å². The molecule has 5 nitrogen and oxygen atoms in total. The van der Waals surface area contributed by atoms with Gasteiger partial charge in [-0.15, -0.1) is 0 Å². The molecule has 4 fully saturated rings. The molecule has 0 bridgehead atoms. The van der Waals surface area contributed by atoms with E-state index in [1.807, 2.05) is 13.0 Å². The van der Waals surface area contributed by atoms with Crippen LogP contribution in [0.25, 0.3) is 0 Å². The van der Waals surface area contributed by atoms with Crippen molar-refractivity contribution in [1.29, 1.82) is 0 Å². The molecule has 7 atom stereocenters. The van der Waals surface area contributed by atoms with E-state index in [1.165, 1.54) is 31.3 Å². The van der Waals surface area contributed by atoms with E-state index in [9.17, 15) is 15.3 Å². The summed E-state index contributed by atoms with van der Waals surface area (Å²) in [6.45, 7) is 10.8. The lowest BCUT2D eigenvalue weighted by Crippen LogP contribution is -2.35. The second kappa shape index (κ2) is 9.74. The molecule has 0 radical (unpaired) electrons. The van der Waals surface area contributed by atoms with Gasteiger partial charge in [0.2, 0.25) is 5.89 Å². The zero-order valence-electron chi connectivity index (χ0n) is 22.1. The lowest BCUT2D eigenvalue weighted by Gasteiger charge is -2.44. The molecule has 36 heavy (non-hydrogen) atoms. The highest BCUT2D eigenvalue weighted by Gasteiger charge is 2.54. The number of aliphatic hydroxyl groups is 3. The molecule has 3 N–H and O–H groups in total. The summed E-state index contributed by atoms with van der Waals surface area (Å²) < 4.78 is 5.65. The number of aliphatic hydroxyl groups excluding tert-OH is 3. The topological polar surface area (TPSA) is 86.7 Å². The Kier molecular flexibility index (Phi) is 6.95. The Bertz CT molecular complexity index is 1080. The Morgan fingerprint density at radius 2 is 1.94 bits per heavy atom. The van der Waals surface area contributed by atoms with E-state index in [2.05, 4.69) is 43.6 Å². The van der Waals surface area contributed by atoms with Gasteiger partial charge in [0.15, 0.2) is 0 Å². The summed E-state index contributed by atoms with van der Waals surface area (Å²) in [6, 6.07) is 0. The summed E-state index contributed by atoms with van der Waals surface area (Å²) in [5.74, 6) is 2.20. The molecule has 1 aromatic heterocycles. The maximum Gasteiger partial charge on any atom is 0.203 e. The molecule has 1 heterocycles. The summed E-state index contributed by atoms with van der Waals surface area (Å²) in [7, 11) is 0. The molecule has 5 heteroatoms. The third kappa shape index (κ3) is 4.59. The quantitative estimate of drug-likeness (QED) is 0.442. The molecule has 4 saturated carbocycles. The predicted octanol–water partition coefficient (Wildman–Crippen LogP) is 5.71. The Hall–Kier alpha value is -1.95. The highest BCUT2D eigenvalue weighted by molar-refractivity contribution is 5.38. The van der Waals surface area contributed by atoms with Crippen LogP contribution in [0.1, 0.15) is 83.2 Å². The Labute approximate surface area is 215 Å². The summed E-state index contributed by atoms with van der Waals surface area (Å²) in [5, 5.41) is 31.3. The molecule has 4 aliphatic carbocycles. The molecule has 5 rings (SSSR count). The van der Waals surface area contributed by atoms with E-state index < -0.39 is 18.3 Å². The van der Waals surface area contributed by atoms with Crippen LogP contribution in [0, 0.1) is 30.1 Å². The SMILES string of the molecule is C=C1/C(=C\C=C2/CCC[C@]3(C)[C@@H]([C@H](C)/C=C/[C@@H](O)C4(c5nc(C)co5)CC4)CC[C@@H]23)C[C@@H](O)C[C@@H]1O. The van der Waals surface area contributed by atoms with Gasteiger partial charge in [0, 0.05) is 6.42 Å². The lowest BCUT2D eigenvalue weighted by atomic mass is 9.61. The minimum absolute atomic E-state index is 0.247. The number of aromatic nitrogens is 1. The van der Waals surface area contributed by atoms with E-state index >= 15 is 0 Å². The maximum atomic E-state index is 11.0. The highest BCUT2D eigenvalue weighted by atomic mass is 16.3. The standard InChI is InChI=1S/C31H43NO4/c1-19(7-12-28(35)31(14-15-31)29-32-20(2)18-36-29)25-10-11-26-22(6-5-13-30(25,26)4)8-9-23-16-24(33)17-27(34)21(23)3/h7-9,12,18-19,24-28,33-35H,3,5-6,10-11,13-17H2,1-2,4H3/b12-7+,22-8+,23-9-/t19-,24-,25-,26+,27+,28-,30-/m1/s1. The molecule has 0 saturated heterocycles. The van der Waals surface area contributed by atoms with Gasteiger partial charge in [-0.1, -0.05) is 50.3 Å².